The second kappa shape index (κ2) is 5.64. The summed E-state index contributed by atoms with van der Waals surface area (Å²) in [6.07, 6.45) is 4.48. The minimum absolute atomic E-state index is 0.239. The number of aryl methyl sites for hydroxylation is 1. The van der Waals surface area contributed by atoms with Crippen LogP contribution in [0.2, 0.25) is 0 Å². The molecule has 1 heterocycles. The summed E-state index contributed by atoms with van der Waals surface area (Å²) in [5.41, 5.74) is 6.47. The highest BCUT2D eigenvalue weighted by atomic mass is 19.1. The number of nitrogens with zero attached hydrogens (tertiary/aromatic N) is 3. The fourth-order valence-electron chi connectivity index (χ4n) is 1.83. The van der Waals surface area contributed by atoms with Crippen LogP contribution in [0.15, 0.2) is 36.7 Å². The Labute approximate surface area is 106 Å². The Morgan fingerprint density at radius 2 is 2.06 bits per heavy atom. The van der Waals surface area contributed by atoms with Crippen LogP contribution in [0.1, 0.15) is 6.42 Å². The second-order valence-corrected chi connectivity index (χ2v) is 4.11. The average Bonchev–Trinajstić information content (AvgIpc) is 2.78. The van der Waals surface area contributed by atoms with Crippen LogP contribution < -0.4 is 10.6 Å². The highest BCUT2D eigenvalue weighted by Gasteiger charge is 2.12. The summed E-state index contributed by atoms with van der Waals surface area (Å²) in [6.45, 7) is 1.37. The van der Waals surface area contributed by atoms with E-state index in [0.717, 1.165) is 24.6 Å². The zero-order valence-corrected chi connectivity index (χ0v) is 10.4. The minimum Gasteiger partial charge on any atom is -0.330 e. The van der Waals surface area contributed by atoms with Gasteiger partial charge in [0.2, 0.25) is 5.95 Å². The van der Waals surface area contributed by atoms with E-state index in [0.29, 0.717) is 6.54 Å². The van der Waals surface area contributed by atoms with Gasteiger partial charge in [0.15, 0.2) is 0 Å². The van der Waals surface area contributed by atoms with Crippen molar-refractivity contribution >= 4 is 11.6 Å². The Morgan fingerprint density at radius 1 is 1.33 bits per heavy atom. The lowest BCUT2D eigenvalue weighted by atomic mass is 10.2. The van der Waals surface area contributed by atoms with E-state index in [9.17, 15) is 4.39 Å². The maximum Gasteiger partial charge on any atom is 0.209 e. The van der Waals surface area contributed by atoms with Gasteiger partial charge in [0.25, 0.3) is 0 Å². The van der Waals surface area contributed by atoms with Crippen LogP contribution in [-0.2, 0) is 7.05 Å². The standard InChI is InChI=1S/C13H17FN4/c1-17-10-8-16-13(17)18(9-2-7-15)12-5-3-11(14)4-6-12/h3-6,8,10H,2,7,9,15H2,1H3. The largest absolute Gasteiger partial charge is 0.330 e. The summed E-state index contributed by atoms with van der Waals surface area (Å²) in [5.74, 6) is 0.590. The second-order valence-electron chi connectivity index (χ2n) is 4.11. The molecule has 2 N–H and O–H groups in total. The first-order valence-corrected chi connectivity index (χ1v) is 5.93. The number of nitrogens with two attached hydrogens (primary N) is 1. The minimum atomic E-state index is -0.239. The zero-order valence-electron chi connectivity index (χ0n) is 10.4. The number of benzene rings is 1. The zero-order chi connectivity index (χ0) is 13.0. The van der Waals surface area contributed by atoms with Gasteiger partial charge in [-0.05, 0) is 37.2 Å². The molecule has 0 aliphatic heterocycles. The summed E-state index contributed by atoms with van der Waals surface area (Å²) in [6, 6.07) is 6.41. The summed E-state index contributed by atoms with van der Waals surface area (Å²) < 4.78 is 14.9. The molecule has 2 aromatic rings. The van der Waals surface area contributed by atoms with Crippen LogP contribution in [0.3, 0.4) is 0 Å². The van der Waals surface area contributed by atoms with Gasteiger partial charge in [0, 0.05) is 31.7 Å². The number of anilines is 2. The predicted molar refractivity (Wildman–Crippen MR) is 70.3 cm³/mol. The van der Waals surface area contributed by atoms with Crippen LogP contribution in [0.4, 0.5) is 16.0 Å². The molecule has 0 spiro atoms. The summed E-state index contributed by atoms with van der Waals surface area (Å²) in [5, 5.41) is 0. The van der Waals surface area contributed by atoms with E-state index in [4.69, 9.17) is 5.73 Å². The fourth-order valence-corrected chi connectivity index (χ4v) is 1.83. The molecule has 0 aliphatic carbocycles. The maximum atomic E-state index is 13.0. The number of halogens is 1. The molecule has 0 atom stereocenters. The normalized spacial score (nSPS) is 10.6. The number of imidazole rings is 1. The Morgan fingerprint density at radius 3 is 2.61 bits per heavy atom. The molecular weight excluding hydrogens is 231 g/mol. The summed E-state index contributed by atoms with van der Waals surface area (Å²) >= 11 is 0. The lowest BCUT2D eigenvalue weighted by Crippen LogP contribution is -2.23. The Balaban J connectivity index is 2.30. The van der Waals surface area contributed by atoms with E-state index >= 15 is 0 Å². The third-order valence-corrected chi connectivity index (χ3v) is 2.76. The molecule has 0 fully saturated rings. The van der Waals surface area contributed by atoms with E-state index in [1.165, 1.54) is 12.1 Å². The molecule has 0 amide bonds. The van der Waals surface area contributed by atoms with Crippen LogP contribution in [-0.4, -0.2) is 22.6 Å². The number of hydrogen-bond acceptors (Lipinski definition) is 3. The molecule has 1 aromatic heterocycles. The van der Waals surface area contributed by atoms with Gasteiger partial charge in [-0.1, -0.05) is 0 Å². The molecule has 0 saturated carbocycles. The van der Waals surface area contributed by atoms with Crippen LogP contribution >= 0.6 is 0 Å². The van der Waals surface area contributed by atoms with E-state index in [1.54, 1.807) is 18.3 Å². The Bertz CT molecular complexity index is 492. The van der Waals surface area contributed by atoms with E-state index in [-0.39, 0.29) is 5.82 Å². The van der Waals surface area contributed by atoms with Crippen molar-refractivity contribution in [2.45, 2.75) is 6.42 Å². The molecule has 18 heavy (non-hydrogen) atoms. The molecule has 0 saturated heterocycles. The Hall–Kier alpha value is -1.88. The molecule has 0 aliphatic rings. The highest BCUT2D eigenvalue weighted by molar-refractivity contribution is 5.57. The summed E-state index contributed by atoms with van der Waals surface area (Å²) in [4.78, 5) is 6.36. The monoisotopic (exact) mass is 248 g/mol. The van der Waals surface area contributed by atoms with Gasteiger partial charge in [-0.25, -0.2) is 9.37 Å². The van der Waals surface area contributed by atoms with Crippen LogP contribution in [0, 0.1) is 5.82 Å². The van der Waals surface area contributed by atoms with Crippen molar-refractivity contribution in [2.24, 2.45) is 12.8 Å². The lowest BCUT2D eigenvalue weighted by molar-refractivity contribution is 0.627. The third kappa shape index (κ3) is 2.68. The van der Waals surface area contributed by atoms with Crippen LogP contribution in [0.25, 0.3) is 0 Å². The van der Waals surface area contributed by atoms with Gasteiger partial charge in [0.05, 0.1) is 0 Å². The first-order chi connectivity index (χ1) is 8.72. The van der Waals surface area contributed by atoms with Gasteiger partial charge in [-0.2, -0.15) is 0 Å². The van der Waals surface area contributed by atoms with Crippen molar-refractivity contribution < 1.29 is 4.39 Å². The first-order valence-electron chi connectivity index (χ1n) is 5.93. The summed E-state index contributed by atoms with van der Waals surface area (Å²) in [7, 11) is 1.93. The van der Waals surface area contributed by atoms with Crippen molar-refractivity contribution in [3.8, 4) is 0 Å². The topological polar surface area (TPSA) is 47.1 Å². The molecule has 4 nitrogen and oxygen atoms in total. The average molecular weight is 248 g/mol. The maximum absolute atomic E-state index is 13.0. The molecule has 96 valence electrons. The van der Waals surface area contributed by atoms with Crippen LogP contribution in [0.5, 0.6) is 0 Å². The van der Waals surface area contributed by atoms with E-state index < -0.39 is 0 Å². The van der Waals surface area contributed by atoms with Gasteiger partial charge < -0.3 is 15.2 Å². The molecule has 0 bridgehead atoms. The number of aromatic nitrogens is 2. The van der Waals surface area contributed by atoms with Crippen molar-refractivity contribution in [1.29, 1.82) is 0 Å². The van der Waals surface area contributed by atoms with Gasteiger partial charge in [0.1, 0.15) is 5.82 Å². The smallest absolute Gasteiger partial charge is 0.209 e. The van der Waals surface area contributed by atoms with Crippen molar-refractivity contribution in [3.05, 3.63) is 42.5 Å². The molecule has 2 rings (SSSR count). The van der Waals surface area contributed by atoms with Crippen molar-refractivity contribution in [3.63, 3.8) is 0 Å². The van der Waals surface area contributed by atoms with Gasteiger partial charge >= 0.3 is 0 Å². The fraction of sp³-hybridized carbons (Fsp3) is 0.308. The van der Waals surface area contributed by atoms with Crippen molar-refractivity contribution in [1.82, 2.24) is 9.55 Å². The third-order valence-electron chi connectivity index (χ3n) is 2.76. The predicted octanol–water partition coefficient (Wildman–Crippen LogP) is 2.05. The van der Waals surface area contributed by atoms with E-state index in [1.807, 2.05) is 22.7 Å². The van der Waals surface area contributed by atoms with Gasteiger partial charge in [-0.15, -0.1) is 0 Å². The highest BCUT2D eigenvalue weighted by Crippen LogP contribution is 2.23. The molecule has 0 unspecified atom stereocenters. The molecule has 0 radical (unpaired) electrons. The van der Waals surface area contributed by atoms with Gasteiger partial charge in [-0.3, -0.25) is 0 Å². The van der Waals surface area contributed by atoms with Crippen molar-refractivity contribution in [2.75, 3.05) is 18.0 Å². The first kappa shape index (κ1) is 12.6. The molecule has 5 heteroatoms. The molecular formula is C13H17FN4. The lowest BCUT2D eigenvalue weighted by Gasteiger charge is -2.23. The van der Waals surface area contributed by atoms with E-state index in [2.05, 4.69) is 4.98 Å². The Kier molecular flexibility index (Phi) is 3.94. The number of rotatable bonds is 5. The quantitative estimate of drug-likeness (QED) is 0.881. The number of hydrogen-bond donors (Lipinski definition) is 1. The SMILES string of the molecule is Cn1ccnc1N(CCCN)c1ccc(F)cc1. The molecule has 1 aromatic carbocycles.